The summed E-state index contributed by atoms with van der Waals surface area (Å²) in [5.74, 6) is -0.0420. The van der Waals surface area contributed by atoms with Gasteiger partial charge in [-0.05, 0) is 37.3 Å². The van der Waals surface area contributed by atoms with E-state index in [0.29, 0.717) is 12.3 Å². The predicted molar refractivity (Wildman–Crippen MR) is 89.3 cm³/mol. The highest BCUT2D eigenvalue weighted by atomic mass is 79.9. The quantitative estimate of drug-likeness (QED) is 0.566. The van der Waals surface area contributed by atoms with Crippen molar-refractivity contribution in [2.45, 2.75) is 13.0 Å². The van der Waals surface area contributed by atoms with Gasteiger partial charge in [0.05, 0.1) is 12.1 Å². The molecule has 0 unspecified atom stereocenters. The third kappa shape index (κ3) is 3.99. The number of fused-ring (bicyclic) bond motifs is 1. The van der Waals surface area contributed by atoms with Crippen LogP contribution in [0.3, 0.4) is 0 Å². The maximum absolute atomic E-state index is 9.90. The first-order chi connectivity index (χ1) is 10.0. The molecule has 0 bridgehead atoms. The first-order valence-electron chi connectivity index (χ1n) is 6.22. The predicted octanol–water partition coefficient (Wildman–Crippen LogP) is 3.63. The number of ether oxygens (including phenoxy) is 1. The molecule has 0 radical (unpaired) electrons. The number of aromatic hydroxyl groups is 1. The van der Waals surface area contributed by atoms with Gasteiger partial charge in [-0.1, -0.05) is 15.9 Å². The fraction of sp³-hybridized carbons (Fsp3) is 0.308. The Balaban J connectivity index is 2.19. The van der Waals surface area contributed by atoms with Gasteiger partial charge in [-0.2, -0.15) is 0 Å². The normalized spacial score (nSPS) is 12.9. The minimum Gasteiger partial charge on any atom is -0.493 e. The second-order valence-electron chi connectivity index (χ2n) is 4.52. The number of thiocarbonyl (C=S) groups is 1. The van der Waals surface area contributed by atoms with Gasteiger partial charge in [-0.3, -0.25) is 0 Å². The van der Waals surface area contributed by atoms with Gasteiger partial charge < -0.3 is 20.1 Å². The summed E-state index contributed by atoms with van der Waals surface area (Å²) in [5, 5.41) is 21.8. The smallest absolute Gasteiger partial charge is 0.218 e. The van der Waals surface area contributed by atoms with E-state index < -0.39 is 0 Å². The highest BCUT2D eigenvalue weighted by molar-refractivity contribution is 9.10. The van der Waals surface area contributed by atoms with E-state index >= 15 is 0 Å². The minimum absolute atomic E-state index is 0.0344. The number of aromatic nitrogens is 1. The van der Waals surface area contributed by atoms with E-state index in [1.54, 1.807) is 7.11 Å². The molecule has 112 valence electrons. The van der Waals surface area contributed by atoms with E-state index in [-0.39, 0.29) is 17.0 Å². The lowest BCUT2D eigenvalue weighted by Gasteiger charge is -2.11. The molecular weight excluding hydrogens is 356 g/mol. The average molecular weight is 371 g/mol. The number of nitrogens with zero attached hydrogens (tertiary/aromatic N) is 2. The van der Waals surface area contributed by atoms with Gasteiger partial charge in [-0.25, -0.2) is 0 Å². The zero-order valence-corrected chi connectivity index (χ0v) is 14.0. The van der Waals surface area contributed by atoms with Gasteiger partial charge in [0, 0.05) is 23.0 Å². The van der Waals surface area contributed by atoms with Crippen LogP contribution in [0.25, 0.3) is 10.9 Å². The Kier molecular flexibility index (Phi) is 5.27. The Labute approximate surface area is 135 Å². The number of azo groups is 1. The number of H-pyrrole nitrogens is 1. The molecule has 0 amide bonds. The number of nitrogens with one attached hydrogen (secondary N) is 2. The maximum Gasteiger partial charge on any atom is 0.218 e. The van der Waals surface area contributed by atoms with Crippen LogP contribution in [0, 0.1) is 0 Å². The van der Waals surface area contributed by atoms with E-state index in [9.17, 15) is 5.11 Å². The van der Waals surface area contributed by atoms with E-state index in [1.807, 2.05) is 25.1 Å². The molecule has 0 saturated heterocycles. The van der Waals surface area contributed by atoms with E-state index in [0.717, 1.165) is 15.4 Å². The Morgan fingerprint density at radius 2 is 2.33 bits per heavy atom. The fourth-order valence-corrected chi connectivity index (χ4v) is 2.47. The van der Waals surface area contributed by atoms with Crippen molar-refractivity contribution in [3.05, 3.63) is 22.7 Å². The molecule has 1 aromatic heterocycles. The Morgan fingerprint density at radius 1 is 1.57 bits per heavy atom. The maximum atomic E-state index is 9.90. The summed E-state index contributed by atoms with van der Waals surface area (Å²) in [5.41, 5.74) is 1.13. The van der Waals surface area contributed by atoms with Crippen LogP contribution < -0.4 is 5.32 Å². The van der Waals surface area contributed by atoms with Gasteiger partial charge in [0.25, 0.3) is 0 Å². The Hall–Kier alpha value is -1.51. The van der Waals surface area contributed by atoms with Crippen molar-refractivity contribution < 1.29 is 9.84 Å². The molecule has 0 aliphatic heterocycles. The van der Waals surface area contributed by atoms with Gasteiger partial charge in [-0.15, -0.1) is 10.2 Å². The van der Waals surface area contributed by atoms with Crippen LogP contribution in [-0.2, 0) is 4.74 Å². The lowest BCUT2D eigenvalue weighted by atomic mass is 10.2. The van der Waals surface area contributed by atoms with Crippen LogP contribution in [0.5, 0.6) is 5.88 Å². The van der Waals surface area contributed by atoms with Crippen LogP contribution in [-0.4, -0.2) is 35.0 Å². The summed E-state index contributed by atoms with van der Waals surface area (Å²) in [6.45, 7) is 2.44. The fourth-order valence-electron chi connectivity index (χ4n) is 1.86. The SMILES string of the molecule is COC[C@@H](C)NC(=S)N=Nc1c(O)[nH]c2ccc(Br)cc12. The number of halogens is 1. The molecule has 0 fully saturated rings. The zero-order chi connectivity index (χ0) is 15.4. The van der Waals surface area contributed by atoms with Crippen molar-refractivity contribution in [3.63, 3.8) is 0 Å². The Bertz CT molecular complexity index is 686. The molecule has 21 heavy (non-hydrogen) atoms. The van der Waals surface area contributed by atoms with Crippen molar-refractivity contribution in [2.75, 3.05) is 13.7 Å². The van der Waals surface area contributed by atoms with Gasteiger partial charge in [0.1, 0.15) is 0 Å². The van der Waals surface area contributed by atoms with Gasteiger partial charge >= 0.3 is 0 Å². The van der Waals surface area contributed by atoms with Crippen LogP contribution in [0.15, 0.2) is 32.9 Å². The molecular formula is C13H15BrN4O2S. The van der Waals surface area contributed by atoms with E-state index in [4.69, 9.17) is 17.0 Å². The summed E-state index contributed by atoms with van der Waals surface area (Å²) in [6, 6.07) is 5.60. The summed E-state index contributed by atoms with van der Waals surface area (Å²) in [6.07, 6.45) is 0. The van der Waals surface area contributed by atoms with Crippen molar-refractivity contribution in [1.82, 2.24) is 10.3 Å². The second-order valence-corrected chi connectivity index (χ2v) is 5.82. The molecule has 0 aliphatic rings. The molecule has 0 aliphatic carbocycles. The summed E-state index contributed by atoms with van der Waals surface area (Å²) in [4.78, 5) is 2.84. The minimum atomic E-state index is -0.0420. The molecule has 1 aromatic carbocycles. The van der Waals surface area contributed by atoms with Crippen LogP contribution in [0.1, 0.15) is 6.92 Å². The number of methoxy groups -OCH3 is 1. The molecule has 1 heterocycles. The molecule has 2 aromatic rings. The molecule has 2 rings (SSSR count). The van der Waals surface area contributed by atoms with E-state index in [2.05, 4.69) is 36.5 Å². The van der Waals surface area contributed by atoms with Crippen molar-refractivity contribution in [3.8, 4) is 5.88 Å². The first-order valence-corrected chi connectivity index (χ1v) is 7.42. The standard InChI is InChI=1S/C13H15BrN4O2S/c1-7(6-20-2)15-13(21)18-17-11-9-5-8(14)3-4-10(9)16-12(11)19/h3-5,7,16,19H,6H2,1-2H3,(H,15,21)/t7-/m1/s1. The molecule has 6 nitrogen and oxygen atoms in total. The first kappa shape index (κ1) is 15.9. The number of aromatic amines is 1. The monoisotopic (exact) mass is 370 g/mol. The summed E-state index contributed by atoms with van der Waals surface area (Å²) >= 11 is 8.47. The highest BCUT2D eigenvalue weighted by Gasteiger charge is 2.11. The molecule has 8 heteroatoms. The number of rotatable bonds is 4. The molecule has 1 atom stereocenters. The lowest BCUT2D eigenvalue weighted by Crippen LogP contribution is -2.33. The number of hydrogen-bond donors (Lipinski definition) is 3. The largest absolute Gasteiger partial charge is 0.493 e. The zero-order valence-electron chi connectivity index (χ0n) is 11.6. The van der Waals surface area contributed by atoms with E-state index in [1.165, 1.54) is 0 Å². The molecule has 3 N–H and O–H groups in total. The van der Waals surface area contributed by atoms with Crippen LogP contribution in [0.2, 0.25) is 0 Å². The third-order valence-corrected chi connectivity index (χ3v) is 3.43. The molecule has 0 saturated carbocycles. The lowest BCUT2D eigenvalue weighted by molar-refractivity contribution is 0.179. The van der Waals surface area contributed by atoms with Gasteiger partial charge in [0.15, 0.2) is 5.69 Å². The Morgan fingerprint density at radius 3 is 3.05 bits per heavy atom. The topological polar surface area (TPSA) is 82.0 Å². The number of benzene rings is 1. The van der Waals surface area contributed by atoms with Crippen LogP contribution in [0.4, 0.5) is 5.69 Å². The van der Waals surface area contributed by atoms with Crippen molar-refractivity contribution >= 4 is 49.9 Å². The third-order valence-electron chi connectivity index (χ3n) is 2.74. The molecule has 0 spiro atoms. The number of hydrogen-bond acceptors (Lipinski definition) is 4. The van der Waals surface area contributed by atoms with Crippen molar-refractivity contribution in [2.24, 2.45) is 10.2 Å². The van der Waals surface area contributed by atoms with Crippen LogP contribution >= 0.6 is 28.1 Å². The summed E-state index contributed by atoms with van der Waals surface area (Å²) in [7, 11) is 1.62. The summed E-state index contributed by atoms with van der Waals surface area (Å²) < 4.78 is 5.89. The average Bonchev–Trinajstić information content (AvgIpc) is 2.72. The second kappa shape index (κ2) is 6.97. The highest BCUT2D eigenvalue weighted by Crippen LogP contribution is 2.36. The van der Waals surface area contributed by atoms with Crippen molar-refractivity contribution in [1.29, 1.82) is 0 Å². The van der Waals surface area contributed by atoms with Gasteiger partial charge in [0.2, 0.25) is 11.0 Å².